The van der Waals surface area contributed by atoms with Crippen LogP contribution in [0.15, 0.2) is 0 Å². The SMILES string of the molecule is NNC(C1CCCCCC1)C1(N2CCCC2)CCCC1. The average Bonchev–Trinajstić information content (AvgIpc) is 3.09. The van der Waals surface area contributed by atoms with E-state index in [0.29, 0.717) is 11.6 Å². The Kier molecular flexibility index (Phi) is 5.00. The van der Waals surface area contributed by atoms with Crippen molar-refractivity contribution in [2.45, 2.75) is 88.6 Å². The van der Waals surface area contributed by atoms with Crippen LogP contribution in [0.3, 0.4) is 0 Å². The fourth-order valence-corrected chi connectivity index (χ4v) is 5.35. The van der Waals surface area contributed by atoms with E-state index in [4.69, 9.17) is 5.84 Å². The van der Waals surface area contributed by atoms with Crippen LogP contribution >= 0.6 is 0 Å². The lowest BCUT2D eigenvalue weighted by Crippen LogP contribution is -2.63. The van der Waals surface area contributed by atoms with E-state index in [1.54, 1.807) is 0 Å². The van der Waals surface area contributed by atoms with Gasteiger partial charge >= 0.3 is 0 Å². The van der Waals surface area contributed by atoms with E-state index in [-0.39, 0.29) is 0 Å². The molecule has 1 aliphatic heterocycles. The van der Waals surface area contributed by atoms with E-state index in [1.165, 1.54) is 90.1 Å². The number of hydrogen-bond donors (Lipinski definition) is 2. The Morgan fingerprint density at radius 3 is 2.00 bits per heavy atom. The van der Waals surface area contributed by atoms with Crippen LogP contribution in [0.4, 0.5) is 0 Å². The fourth-order valence-electron chi connectivity index (χ4n) is 5.35. The molecule has 0 amide bonds. The van der Waals surface area contributed by atoms with E-state index >= 15 is 0 Å². The first-order valence-corrected chi connectivity index (χ1v) is 9.08. The summed E-state index contributed by atoms with van der Waals surface area (Å²) in [5.41, 5.74) is 3.71. The summed E-state index contributed by atoms with van der Waals surface area (Å²) in [6.07, 6.45) is 16.8. The van der Waals surface area contributed by atoms with Crippen molar-refractivity contribution >= 4 is 0 Å². The Bertz CT molecular complexity index is 285. The van der Waals surface area contributed by atoms with Crippen molar-refractivity contribution in [1.82, 2.24) is 10.3 Å². The molecular weight excluding hydrogens is 246 g/mol. The third-order valence-corrected chi connectivity index (χ3v) is 6.33. The van der Waals surface area contributed by atoms with Gasteiger partial charge in [-0.25, -0.2) is 0 Å². The first kappa shape index (κ1) is 14.8. The molecule has 1 unspecified atom stereocenters. The molecular formula is C17H33N3. The first-order chi connectivity index (χ1) is 9.87. The lowest BCUT2D eigenvalue weighted by Gasteiger charge is -2.48. The Balaban J connectivity index is 1.79. The molecule has 2 aliphatic carbocycles. The molecule has 3 fully saturated rings. The largest absolute Gasteiger partial charge is 0.296 e. The summed E-state index contributed by atoms with van der Waals surface area (Å²) in [6, 6.07) is 0.529. The standard InChI is InChI=1S/C17H33N3/c18-19-16(15-9-3-1-2-4-10-15)17(11-5-6-12-17)20-13-7-8-14-20/h15-16,19H,1-14,18H2. The van der Waals surface area contributed by atoms with Gasteiger partial charge in [0.15, 0.2) is 0 Å². The number of nitrogens with zero attached hydrogens (tertiary/aromatic N) is 1. The van der Waals surface area contributed by atoms with E-state index in [2.05, 4.69) is 10.3 Å². The molecule has 3 nitrogen and oxygen atoms in total. The molecule has 3 N–H and O–H groups in total. The highest BCUT2D eigenvalue weighted by Crippen LogP contribution is 2.44. The zero-order valence-electron chi connectivity index (χ0n) is 13.1. The van der Waals surface area contributed by atoms with Crippen LogP contribution in [0.5, 0.6) is 0 Å². The summed E-state index contributed by atoms with van der Waals surface area (Å²) >= 11 is 0. The Morgan fingerprint density at radius 2 is 1.45 bits per heavy atom. The molecule has 116 valence electrons. The van der Waals surface area contributed by atoms with Crippen LogP contribution < -0.4 is 11.3 Å². The molecule has 1 atom stereocenters. The van der Waals surface area contributed by atoms with Crippen molar-refractivity contribution in [3.63, 3.8) is 0 Å². The summed E-state index contributed by atoms with van der Waals surface area (Å²) < 4.78 is 0. The molecule has 0 radical (unpaired) electrons. The predicted octanol–water partition coefficient (Wildman–Crippen LogP) is 3.20. The molecule has 0 spiro atoms. The van der Waals surface area contributed by atoms with Crippen LogP contribution in [0, 0.1) is 5.92 Å². The topological polar surface area (TPSA) is 41.3 Å². The van der Waals surface area contributed by atoms with Gasteiger partial charge in [-0.3, -0.25) is 16.2 Å². The van der Waals surface area contributed by atoms with Crippen molar-refractivity contribution in [1.29, 1.82) is 0 Å². The molecule has 2 saturated carbocycles. The molecule has 20 heavy (non-hydrogen) atoms. The third kappa shape index (κ3) is 2.77. The summed E-state index contributed by atoms with van der Waals surface area (Å²) in [7, 11) is 0. The molecule has 0 aromatic heterocycles. The van der Waals surface area contributed by atoms with Gasteiger partial charge in [-0.15, -0.1) is 0 Å². The number of nitrogens with two attached hydrogens (primary N) is 1. The van der Waals surface area contributed by atoms with Gasteiger partial charge in [0.25, 0.3) is 0 Å². The molecule has 3 aliphatic rings. The Labute approximate surface area is 124 Å². The Hall–Kier alpha value is -0.120. The Morgan fingerprint density at radius 1 is 0.850 bits per heavy atom. The highest BCUT2D eigenvalue weighted by Gasteiger charge is 2.48. The minimum Gasteiger partial charge on any atom is -0.296 e. The fraction of sp³-hybridized carbons (Fsp3) is 1.00. The van der Waals surface area contributed by atoms with Gasteiger partial charge in [0, 0.05) is 11.6 Å². The van der Waals surface area contributed by atoms with Crippen molar-refractivity contribution < 1.29 is 0 Å². The first-order valence-electron chi connectivity index (χ1n) is 9.08. The van der Waals surface area contributed by atoms with E-state index in [1.807, 2.05) is 0 Å². The monoisotopic (exact) mass is 279 g/mol. The maximum absolute atomic E-state index is 6.11. The molecule has 0 aromatic rings. The van der Waals surface area contributed by atoms with E-state index in [9.17, 15) is 0 Å². The highest BCUT2D eigenvalue weighted by atomic mass is 15.3. The number of hydrogen-bond acceptors (Lipinski definition) is 3. The molecule has 1 heterocycles. The van der Waals surface area contributed by atoms with Crippen LogP contribution in [0.1, 0.15) is 77.0 Å². The predicted molar refractivity (Wildman–Crippen MR) is 84.3 cm³/mol. The molecule has 1 saturated heterocycles. The quantitative estimate of drug-likeness (QED) is 0.472. The highest BCUT2D eigenvalue weighted by molar-refractivity contribution is 5.06. The number of rotatable bonds is 4. The van der Waals surface area contributed by atoms with Gasteiger partial charge < -0.3 is 0 Å². The third-order valence-electron chi connectivity index (χ3n) is 6.33. The zero-order chi connectivity index (χ0) is 13.8. The normalized spacial score (nSPS) is 30.4. The van der Waals surface area contributed by atoms with Crippen LogP contribution in [-0.2, 0) is 0 Å². The second kappa shape index (κ2) is 6.76. The minimum absolute atomic E-state index is 0.389. The lowest BCUT2D eigenvalue weighted by atomic mass is 9.76. The summed E-state index contributed by atoms with van der Waals surface area (Å²) in [4.78, 5) is 2.81. The van der Waals surface area contributed by atoms with Crippen molar-refractivity contribution in [2.75, 3.05) is 13.1 Å². The van der Waals surface area contributed by atoms with Crippen LogP contribution in [-0.4, -0.2) is 29.6 Å². The van der Waals surface area contributed by atoms with Crippen molar-refractivity contribution in [2.24, 2.45) is 11.8 Å². The zero-order valence-corrected chi connectivity index (χ0v) is 13.1. The van der Waals surface area contributed by atoms with Gasteiger partial charge in [0.05, 0.1) is 0 Å². The van der Waals surface area contributed by atoms with Crippen LogP contribution in [0.2, 0.25) is 0 Å². The number of hydrazine groups is 1. The van der Waals surface area contributed by atoms with Gasteiger partial charge in [0.2, 0.25) is 0 Å². The number of nitrogens with one attached hydrogen (secondary N) is 1. The van der Waals surface area contributed by atoms with Gasteiger partial charge in [-0.2, -0.15) is 0 Å². The minimum atomic E-state index is 0.389. The second-order valence-corrected chi connectivity index (χ2v) is 7.40. The maximum atomic E-state index is 6.11. The second-order valence-electron chi connectivity index (χ2n) is 7.40. The maximum Gasteiger partial charge on any atom is 0.0422 e. The molecule has 3 rings (SSSR count). The van der Waals surface area contributed by atoms with Crippen molar-refractivity contribution in [3.8, 4) is 0 Å². The lowest BCUT2D eigenvalue weighted by molar-refractivity contribution is 0.0462. The van der Waals surface area contributed by atoms with Gasteiger partial charge in [0.1, 0.15) is 0 Å². The number of likely N-dealkylation sites (tertiary alicyclic amines) is 1. The summed E-state index contributed by atoms with van der Waals surface area (Å²) in [5, 5.41) is 0. The molecule has 0 aromatic carbocycles. The van der Waals surface area contributed by atoms with Gasteiger partial charge in [-0.1, -0.05) is 38.5 Å². The summed E-state index contributed by atoms with van der Waals surface area (Å²) in [5.74, 6) is 6.92. The van der Waals surface area contributed by atoms with E-state index in [0.717, 1.165) is 5.92 Å². The molecule has 0 bridgehead atoms. The van der Waals surface area contributed by atoms with Crippen molar-refractivity contribution in [3.05, 3.63) is 0 Å². The molecule has 3 heteroatoms. The summed E-state index contributed by atoms with van der Waals surface area (Å²) in [6.45, 7) is 2.62. The van der Waals surface area contributed by atoms with E-state index < -0.39 is 0 Å². The smallest absolute Gasteiger partial charge is 0.0422 e. The van der Waals surface area contributed by atoms with Crippen LogP contribution in [0.25, 0.3) is 0 Å². The van der Waals surface area contributed by atoms with Gasteiger partial charge in [-0.05, 0) is 57.5 Å². The average molecular weight is 279 g/mol.